The van der Waals surface area contributed by atoms with E-state index in [0.29, 0.717) is 15.7 Å². The number of hydrogen-bond acceptors (Lipinski definition) is 6. The van der Waals surface area contributed by atoms with Gasteiger partial charge in [-0.05, 0) is 70.0 Å². The Morgan fingerprint density at radius 2 is 1.70 bits per heavy atom. The van der Waals surface area contributed by atoms with Gasteiger partial charge in [-0.25, -0.2) is 14.4 Å². The number of amides is 2. The first kappa shape index (κ1) is 21.4. The van der Waals surface area contributed by atoms with Gasteiger partial charge in [0.15, 0.2) is 17.6 Å². The number of imide groups is 1. The van der Waals surface area contributed by atoms with Gasteiger partial charge in [0.25, 0.3) is 5.91 Å². The van der Waals surface area contributed by atoms with Crippen LogP contribution in [0.15, 0.2) is 71.2 Å². The first-order valence-electron chi connectivity index (χ1n) is 10.1. The maximum absolute atomic E-state index is 13.6. The molecule has 168 valence electrons. The molecule has 3 atom stereocenters. The van der Waals surface area contributed by atoms with Crippen molar-refractivity contribution in [1.29, 1.82) is 0 Å². The Balaban J connectivity index is 1.62. The average Bonchev–Trinajstić information content (AvgIpc) is 3.33. The van der Waals surface area contributed by atoms with Crippen LogP contribution in [-0.2, 0) is 14.4 Å². The van der Waals surface area contributed by atoms with E-state index in [-0.39, 0.29) is 17.2 Å². The molecule has 2 aliphatic heterocycles. The van der Waals surface area contributed by atoms with Gasteiger partial charge in [0, 0.05) is 0 Å². The van der Waals surface area contributed by atoms with Crippen molar-refractivity contribution in [2.24, 2.45) is 5.92 Å². The summed E-state index contributed by atoms with van der Waals surface area (Å²) in [5.74, 6) is -2.19. The Hall–Kier alpha value is -3.43. The maximum Gasteiger partial charge on any atom is 0.266 e. The second-order valence-corrected chi connectivity index (χ2v) is 8.55. The molecule has 3 aromatic rings. The minimum atomic E-state index is -1.06. The molecule has 2 aliphatic rings. The number of para-hydroxylation sites is 1. The lowest BCUT2D eigenvalue weighted by molar-refractivity contribution is -0.126. The molecule has 7 nitrogen and oxygen atoms in total. The number of hydrogen-bond donors (Lipinski definition) is 1. The zero-order chi connectivity index (χ0) is 23.3. The quantitative estimate of drug-likeness (QED) is 0.523. The number of fused-ring (bicyclic) bond motifs is 1. The lowest BCUT2D eigenvalue weighted by atomic mass is 9.90. The number of rotatable bonds is 4. The summed E-state index contributed by atoms with van der Waals surface area (Å²) in [6, 6.07) is 16.9. The minimum absolute atomic E-state index is 0.0789. The largest absolute Gasteiger partial charge is 0.503 e. The number of ether oxygens (including phenoxy) is 1. The van der Waals surface area contributed by atoms with Gasteiger partial charge in [-0.3, -0.25) is 14.4 Å². The van der Waals surface area contributed by atoms with Crippen molar-refractivity contribution < 1.29 is 28.7 Å². The molecule has 0 aliphatic carbocycles. The molecular weight excluding hydrogens is 495 g/mol. The van der Waals surface area contributed by atoms with Crippen LogP contribution in [0.25, 0.3) is 0 Å². The maximum atomic E-state index is 13.6. The molecule has 0 saturated carbocycles. The molecule has 3 unspecified atom stereocenters. The number of hydroxylamine groups is 1. The predicted molar refractivity (Wildman–Crippen MR) is 121 cm³/mol. The molecule has 2 heterocycles. The number of carbonyl (C=O) groups excluding carboxylic acids is 2. The third-order valence-corrected chi connectivity index (χ3v) is 6.43. The van der Waals surface area contributed by atoms with E-state index in [0.717, 1.165) is 4.90 Å². The standard InChI is InChI=1S/C24H18BrFN2O5/c1-32-18-12-13(11-17(25)21(18)29)20-19-22(33-28(20)16-5-3-2-4-6-16)24(31)27(23(19)30)15-9-7-14(26)8-10-15/h2-12,19-20,22,29H,1H3. The molecule has 2 fully saturated rings. The van der Waals surface area contributed by atoms with Gasteiger partial charge in [-0.15, -0.1) is 0 Å². The van der Waals surface area contributed by atoms with Crippen LogP contribution in [0, 0.1) is 11.7 Å². The fourth-order valence-electron chi connectivity index (χ4n) is 4.32. The van der Waals surface area contributed by atoms with Gasteiger partial charge < -0.3 is 9.84 Å². The number of halogens is 2. The fourth-order valence-corrected chi connectivity index (χ4v) is 4.78. The molecule has 3 aromatic carbocycles. The van der Waals surface area contributed by atoms with E-state index >= 15 is 0 Å². The number of aromatic hydroxyl groups is 1. The normalized spacial score (nSPS) is 22.1. The Bertz CT molecular complexity index is 1240. The van der Waals surface area contributed by atoms with Gasteiger partial charge in [0.2, 0.25) is 5.91 Å². The molecule has 9 heteroatoms. The topological polar surface area (TPSA) is 79.3 Å². The molecular formula is C24H18BrFN2O5. The highest BCUT2D eigenvalue weighted by atomic mass is 79.9. The zero-order valence-corrected chi connectivity index (χ0v) is 18.9. The summed E-state index contributed by atoms with van der Waals surface area (Å²) in [5, 5.41) is 11.8. The lowest BCUT2D eigenvalue weighted by Gasteiger charge is -2.29. The SMILES string of the molecule is COc1cc(C2C3C(=O)N(c4ccc(F)cc4)C(=O)C3ON2c2ccccc2)cc(Br)c1O. The van der Waals surface area contributed by atoms with E-state index in [9.17, 15) is 19.1 Å². The van der Waals surface area contributed by atoms with E-state index in [1.165, 1.54) is 31.4 Å². The number of phenolic OH excluding ortho intramolecular Hbond substituents is 1. The molecule has 33 heavy (non-hydrogen) atoms. The van der Waals surface area contributed by atoms with Crippen LogP contribution in [-0.4, -0.2) is 30.1 Å². The Morgan fingerprint density at radius 3 is 2.36 bits per heavy atom. The first-order valence-corrected chi connectivity index (χ1v) is 10.9. The van der Waals surface area contributed by atoms with Crippen molar-refractivity contribution in [2.45, 2.75) is 12.1 Å². The summed E-state index contributed by atoms with van der Waals surface area (Å²) in [6.07, 6.45) is -1.06. The van der Waals surface area contributed by atoms with Crippen molar-refractivity contribution in [3.63, 3.8) is 0 Å². The number of anilines is 2. The van der Waals surface area contributed by atoms with Gasteiger partial charge >= 0.3 is 0 Å². The number of benzene rings is 3. The third kappa shape index (κ3) is 3.44. The van der Waals surface area contributed by atoms with Crippen LogP contribution in [0.2, 0.25) is 0 Å². The fraction of sp³-hybridized carbons (Fsp3) is 0.167. The monoisotopic (exact) mass is 512 g/mol. The summed E-state index contributed by atoms with van der Waals surface area (Å²) in [4.78, 5) is 33.9. The second-order valence-electron chi connectivity index (χ2n) is 7.70. The summed E-state index contributed by atoms with van der Waals surface area (Å²) in [5.41, 5.74) is 1.54. The van der Waals surface area contributed by atoms with Crippen LogP contribution in [0.1, 0.15) is 11.6 Å². The Labute approximate surface area is 197 Å². The lowest BCUT2D eigenvalue weighted by Crippen LogP contribution is -2.37. The highest BCUT2D eigenvalue weighted by molar-refractivity contribution is 9.10. The number of carbonyl (C=O) groups is 2. The van der Waals surface area contributed by atoms with Crippen molar-refractivity contribution >= 4 is 39.1 Å². The molecule has 5 rings (SSSR count). The van der Waals surface area contributed by atoms with E-state index in [1.807, 2.05) is 30.3 Å². The van der Waals surface area contributed by atoms with Crippen LogP contribution < -0.4 is 14.7 Å². The molecule has 2 amide bonds. The smallest absolute Gasteiger partial charge is 0.266 e. The van der Waals surface area contributed by atoms with Gasteiger partial charge in [-0.2, -0.15) is 0 Å². The highest BCUT2D eigenvalue weighted by Gasteiger charge is 2.60. The minimum Gasteiger partial charge on any atom is -0.503 e. The Kier molecular flexibility index (Phi) is 5.30. The summed E-state index contributed by atoms with van der Waals surface area (Å²) in [7, 11) is 1.43. The molecule has 1 N–H and O–H groups in total. The molecule has 0 spiro atoms. The van der Waals surface area contributed by atoms with Gasteiger partial charge in [-0.1, -0.05) is 18.2 Å². The van der Waals surface area contributed by atoms with E-state index in [2.05, 4.69) is 15.9 Å². The summed E-state index contributed by atoms with van der Waals surface area (Å²) >= 11 is 3.33. The van der Waals surface area contributed by atoms with Crippen LogP contribution in [0.4, 0.5) is 15.8 Å². The summed E-state index contributed by atoms with van der Waals surface area (Å²) in [6.45, 7) is 0. The van der Waals surface area contributed by atoms with Crippen LogP contribution in [0.3, 0.4) is 0 Å². The van der Waals surface area contributed by atoms with E-state index in [4.69, 9.17) is 9.57 Å². The van der Waals surface area contributed by atoms with Gasteiger partial charge in [0.05, 0.1) is 29.0 Å². The third-order valence-electron chi connectivity index (χ3n) is 5.82. The second kappa shape index (κ2) is 8.17. The average molecular weight is 513 g/mol. The molecule has 0 aromatic heterocycles. The van der Waals surface area contributed by atoms with Crippen molar-refractivity contribution in [1.82, 2.24) is 0 Å². The number of phenols is 1. The summed E-state index contributed by atoms with van der Waals surface area (Å²) < 4.78 is 19.1. The van der Waals surface area contributed by atoms with Crippen LogP contribution >= 0.6 is 15.9 Å². The van der Waals surface area contributed by atoms with Crippen molar-refractivity contribution in [2.75, 3.05) is 17.1 Å². The highest BCUT2D eigenvalue weighted by Crippen LogP contribution is 2.49. The zero-order valence-electron chi connectivity index (χ0n) is 17.3. The molecule has 0 radical (unpaired) electrons. The number of nitrogens with zero attached hydrogens (tertiary/aromatic N) is 2. The molecule has 0 bridgehead atoms. The predicted octanol–water partition coefficient (Wildman–Crippen LogP) is 4.35. The molecule has 2 saturated heterocycles. The van der Waals surface area contributed by atoms with Crippen molar-refractivity contribution in [3.05, 3.63) is 82.6 Å². The Morgan fingerprint density at radius 1 is 1.00 bits per heavy atom. The van der Waals surface area contributed by atoms with E-state index < -0.39 is 35.7 Å². The van der Waals surface area contributed by atoms with Crippen molar-refractivity contribution in [3.8, 4) is 11.5 Å². The van der Waals surface area contributed by atoms with Gasteiger partial charge in [0.1, 0.15) is 11.7 Å². The first-order chi connectivity index (χ1) is 15.9. The number of methoxy groups -OCH3 is 1. The van der Waals surface area contributed by atoms with Crippen LogP contribution in [0.5, 0.6) is 11.5 Å². The van der Waals surface area contributed by atoms with E-state index in [1.54, 1.807) is 17.2 Å².